The zero-order chi connectivity index (χ0) is 22.5. The van der Waals surface area contributed by atoms with Crippen LogP contribution in [0.3, 0.4) is 0 Å². The van der Waals surface area contributed by atoms with Crippen molar-refractivity contribution in [2.75, 3.05) is 6.61 Å². The molecule has 2 fully saturated rings. The van der Waals surface area contributed by atoms with Crippen molar-refractivity contribution in [2.24, 2.45) is 0 Å². The van der Waals surface area contributed by atoms with Crippen LogP contribution in [0.2, 0.25) is 0 Å². The summed E-state index contributed by atoms with van der Waals surface area (Å²) < 4.78 is 58.0. The van der Waals surface area contributed by atoms with E-state index in [1.54, 1.807) is 6.92 Å². The molecule has 0 bridgehead atoms. The highest BCUT2D eigenvalue weighted by Crippen LogP contribution is 2.80. The third-order valence-electron chi connectivity index (χ3n) is 4.06. The molecule has 3 unspecified atom stereocenters. The van der Waals surface area contributed by atoms with E-state index in [1.807, 2.05) is 4.98 Å². The molecule has 0 saturated carbocycles. The number of rotatable bonds is 5. The number of phosphoric acid groups is 3. The lowest BCUT2D eigenvalue weighted by molar-refractivity contribution is -0.0236. The predicted molar refractivity (Wildman–Crippen MR) is 93.1 cm³/mol. The lowest BCUT2D eigenvalue weighted by Gasteiger charge is -2.27. The van der Waals surface area contributed by atoms with E-state index in [9.17, 15) is 43.3 Å². The van der Waals surface area contributed by atoms with E-state index < -0.39 is 65.7 Å². The number of nitrogens with one attached hydrogen (secondary N) is 1. The average Bonchev–Trinajstić information content (AvgIpc) is 2.85. The van der Waals surface area contributed by atoms with Gasteiger partial charge in [0.25, 0.3) is 5.56 Å². The third-order valence-corrected chi connectivity index (χ3v) is 9.42. The first kappa shape index (κ1) is 23.7. The molecule has 1 aromatic heterocycles. The molecule has 2 aliphatic rings. The Morgan fingerprint density at radius 1 is 1.10 bits per heavy atom. The summed E-state index contributed by atoms with van der Waals surface area (Å²) in [6.45, 7) is 0.881. The molecular weight excluding hydrogens is 477 g/mol. The van der Waals surface area contributed by atoms with E-state index in [2.05, 4.69) is 17.5 Å². The van der Waals surface area contributed by atoms with Crippen molar-refractivity contribution in [3.05, 3.63) is 32.6 Å². The number of nitrogens with zero attached hydrogens (tertiary/aromatic N) is 1. The molecule has 16 nitrogen and oxygen atoms in total. The molecule has 170 valence electrons. The lowest BCUT2D eigenvalue weighted by atomic mass is 10.0. The van der Waals surface area contributed by atoms with Crippen LogP contribution in [0.4, 0.5) is 0 Å². The SMILES string of the molecule is CCn1cc([C@@H]2O[C@H](COP3(=O)OP(=O)(O)OP(=O)(O)O3)C(O)[C@@H]2O)c(=O)[nH]c1=O. The van der Waals surface area contributed by atoms with Crippen LogP contribution in [0.15, 0.2) is 15.8 Å². The predicted octanol–water partition coefficient (Wildman–Crippen LogP) is -0.893. The minimum Gasteiger partial charge on any atom is -0.387 e. The standard InChI is InChI=1S/C11H17N2O14P3/c1-2-13-3-5(10(16)12-11(13)17)9-8(15)7(14)6(24-9)4-23-30(22)26-28(18,19)25-29(20,21)27-30/h3,6-9,14-15H,2,4H2,1H3,(H,18,19)(H,20,21)(H,12,16,17)/t6-,7?,8+,9+/m1/s1. The van der Waals surface area contributed by atoms with Gasteiger partial charge in [-0.2, -0.15) is 12.9 Å². The Balaban J connectivity index is 1.78. The quantitative estimate of drug-likeness (QED) is 0.313. The van der Waals surface area contributed by atoms with Crippen molar-refractivity contribution in [1.29, 1.82) is 0 Å². The summed E-state index contributed by atoms with van der Waals surface area (Å²) in [5.41, 5.74) is -1.78. The van der Waals surface area contributed by atoms with Gasteiger partial charge in [0.2, 0.25) is 0 Å². The first-order valence-electron chi connectivity index (χ1n) is 8.15. The van der Waals surface area contributed by atoms with Crippen molar-refractivity contribution in [1.82, 2.24) is 9.55 Å². The van der Waals surface area contributed by atoms with Gasteiger partial charge in [0.05, 0.1) is 12.2 Å². The molecule has 19 heteroatoms. The molecule has 0 aromatic carbocycles. The van der Waals surface area contributed by atoms with E-state index in [-0.39, 0.29) is 12.1 Å². The van der Waals surface area contributed by atoms with E-state index in [0.29, 0.717) is 0 Å². The summed E-state index contributed by atoms with van der Waals surface area (Å²) in [6, 6.07) is 0. The Bertz CT molecular complexity index is 1050. The van der Waals surface area contributed by atoms with Gasteiger partial charge in [-0.25, -0.2) is 18.5 Å². The van der Waals surface area contributed by atoms with Crippen LogP contribution >= 0.6 is 23.5 Å². The molecule has 0 aliphatic carbocycles. The number of aryl methyl sites for hydroxylation is 1. The van der Waals surface area contributed by atoms with E-state index in [4.69, 9.17) is 4.74 Å². The maximum Gasteiger partial charge on any atom is 0.492 e. The second-order valence-corrected chi connectivity index (χ2v) is 11.1. The zero-order valence-corrected chi connectivity index (χ0v) is 17.6. The van der Waals surface area contributed by atoms with Crippen molar-refractivity contribution in [3.8, 4) is 0 Å². The van der Waals surface area contributed by atoms with Crippen molar-refractivity contribution < 1.29 is 55.9 Å². The molecule has 0 spiro atoms. The summed E-state index contributed by atoms with van der Waals surface area (Å²) in [6.07, 6.45) is -5.19. The normalized spacial score (nSPS) is 41.8. The van der Waals surface area contributed by atoms with Gasteiger partial charge >= 0.3 is 29.2 Å². The van der Waals surface area contributed by atoms with E-state index in [1.165, 1.54) is 0 Å². The number of aromatic amines is 1. The van der Waals surface area contributed by atoms with Crippen LogP contribution < -0.4 is 11.2 Å². The van der Waals surface area contributed by atoms with Crippen LogP contribution in [0.1, 0.15) is 18.6 Å². The van der Waals surface area contributed by atoms with Gasteiger partial charge in [0.15, 0.2) is 0 Å². The highest BCUT2D eigenvalue weighted by atomic mass is 31.3. The fourth-order valence-corrected chi connectivity index (χ4v) is 7.68. The highest BCUT2D eigenvalue weighted by Gasteiger charge is 2.55. The Hall–Kier alpha value is -0.990. The maximum atomic E-state index is 12.2. The Morgan fingerprint density at radius 3 is 2.27 bits per heavy atom. The number of aliphatic hydroxyl groups excluding tert-OH is 2. The molecule has 1 aromatic rings. The van der Waals surface area contributed by atoms with Crippen LogP contribution in [0.25, 0.3) is 0 Å². The summed E-state index contributed by atoms with van der Waals surface area (Å²) >= 11 is 0. The van der Waals surface area contributed by atoms with Gasteiger partial charge in [-0.05, 0) is 6.92 Å². The molecule has 3 heterocycles. The van der Waals surface area contributed by atoms with Crippen LogP contribution in [-0.2, 0) is 42.4 Å². The Morgan fingerprint density at radius 2 is 1.70 bits per heavy atom. The number of hydrogen-bond donors (Lipinski definition) is 5. The fraction of sp³-hybridized carbons (Fsp3) is 0.636. The summed E-state index contributed by atoms with van der Waals surface area (Å²) in [5.74, 6) is 0. The number of aromatic nitrogens is 2. The highest BCUT2D eigenvalue weighted by molar-refractivity contribution is 7.74. The first-order chi connectivity index (χ1) is 13.8. The monoisotopic (exact) mass is 494 g/mol. The Labute approximate surface area is 166 Å². The second-order valence-electron chi connectivity index (χ2n) is 6.13. The van der Waals surface area contributed by atoms with Crippen LogP contribution in [0.5, 0.6) is 0 Å². The molecule has 2 saturated heterocycles. The molecule has 5 N–H and O–H groups in total. The largest absolute Gasteiger partial charge is 0.492 e. The van der Waals surface area contributed by atoms with E-state index >= 15 is 0 Å². The minimum atomic E-state index is -5.26. The topological polar surface area (TPSA) is 233 Å². The Kier molecular flexibility index (Phi) is 6.45. The van der Waals surface area contributed by atoms with Crippen molar-refractivity contribution >= 4 is 23.5 Å². The molecule has 2 aliphatic heterocycles. The lowest BCUT2D eigenvalue weighted by Crippen LogP contribution is -2.36. The van der Waals surface area contributed by atoms with Gasteiger partial charge in [0.1, 0.15) is 24.4 Å². The number of ether oxygens (including phenoxy) is 1. The smallest absolute Gasteiger partial charge is 0.387 e. The second kappa shape index (κ2) is 8.17. The minimum absolute atomic E-state index is 0.183. The van der Waals surface area contributed by atoms with Gasteiger partial charge in [-0.1, -0.05) is 0 Å². The summed E-state index contributed by atoms with van der Waals surface area (Å²) in [4.78, 5) is 44.1. The number of aliphatic hydroxyl groups is 2. The zero-order valence-electron chi connectivity index (χ0n) is 15.0. The third kappa shape index (κ3) is 4.91. The molecule has 0 amide bonds. The number of hydrogen-bond acceptors (Lipinski definition) is 12. The first-order valence-corrected chi connectivity index (χ1v) is 12.6. The van der Waals surface area contributed by atoms with Gasteiger partial charge in [-0.3, -0.25) is 14.3 Å². The molecule has 6 atom stereocenters. The van der Waals surface area contributed by atoms with Crippen molar-refractivity contribution in [2.45, 2.75) is 37.9 Å². The van der Waals surface area contributed by atoms with Gasteiger partial charge in [0, 0.05) is 12.7 Å². The molecular formula is C11H17N2O14P3. The summed E-state index contributed by atoms with van der Waals surface area (Å²) in [5, 5.41) is 20.4. The van der Waals surface area contributed by atoms with Crippen LogP contribution in [0, 0.1) is 0 Å². The maximum absolute atomic E-state index is 12.2. The molecule has 30 heavy (non-hydrogen) atoms. The molecule has 3 rings (SSSR count). The summed E-state index contributed by atoms with van der Waals surface area (Å²) in [7, 11) is -15.6. The van der Waals surface area contributed by atoms with E-state index in [0.717, 1.165) is 10.8 Å². The van der Waals surface area contributed by atoms with Crippen LogP contribution in [-0.4, -0.2) is 54.5 Å². The van der Waals surface area contributed by atoms with Gasteiger partial charge in [-0.15, -0.1) is 0 Å². The van der Waals surface area contributed by atoms with Gasteiger partial charge < -0.3 is 29.3 Å². The fourth-order valence-electron chi connectivity index (χ4n) is 2.75. The molecule has 0 radical (unpaired) electrons. The van der Waals surface area contributed by atoms with Crippen molar-refractivity contribution in [3.63, 3.8) is 0 Å². The number of H-pyrrole nitrogens is 1. The average molecular weight is 494 g/mol.